The Kier molecular flexibility index (Phi) is 7.10. The summed E-state index contributed by atoms with van der Waals surface area (Å²) in [6, 6.07) is 7.51. The number of rotatable bonds is 4. The van der Waals surface area contributed by atoms with Crippen LogP contribution in [-0.4, -0.2) is 59.7 Å². The Morgan fingerprint density at radius 3 is 2.44 bits per heavy atom. The van der Waals surface area contributed by atoms with E-state index in [1.54, 1.807) is 11.0 Å². The van der Waals surface area contributed by atoms with Crippen molar-refractivity contribution in [3.63, 3.8) is 0 Å². The fourth-order valence-corrected chi connectivity index (χ4v) is 5.56. The first-order valence-corrected chi connectivity index (χ1v) is 12.9. The van der Waals surface area contributed by atoms with Gasteiger partial charge in [0.25, 0.3) is 0 Å². The van der Waals surface area contributed by atoms with Crippen LogP contribution in [0.4, 0.5) is 39.9 Å². The van der Waals surface area contributed by atoms with Gasteiger partial charge in [0, 0.05) is 56.8 Å². The third-order valence-corrected chi connectivity index (χ3v) is 7.84. The van der Waals surface area contributed by atoms with Crippen molar-refractivity contribution >= 4 is 35.2 Å². The summed E-state index contributed by atoms with van der Waals surface area (Å²) in [6.45, 7) is 3.59. The van der Waals surface area contributed by atoms with Crippen LogP contribution in [0.25, 0.3) is 11.3 Å². The van der Waals surface area contributed by atoms with Crippen LogP contribution >= 0.6 is 11.6 Å². The molecule has 2 amide bonds. The predicted octanol–water partition coefficient (Wildman–Crippen LogP) is 5.24. The third kappa shape index (κ3) is 4.98. The Morgan fingerprint density at radius 1 is 1.10 bits per heavy atom. The van der Waals surface area contributed by atoms with Crippen LogP contribution in [0.15, 0.2) is 42.6 Å². The van der Waals surface area contributed by atoms with Crippen LogP contribution in [0.3, 0.4) is 0 Å². The minimum Gasteiger partial charge on any atom is -0.353 e. The number of nitrogens with two attached hydrogens (primary N) is 1. The van der Waals surface area contributed by atoms with Gasteiger partial charge in [0.2, 0.25) is 0 Å². The molecule has 3 aromatic rings. The number of halogens is 5. The predicted molar refractivity (Wildman–Crippen MR) is 141 cm³/mol. The molecule has 2 fully saturated rings. The first-order valence-electron chi connectivity index (χ1n) is 12.6. The lowest BCUT2D eigenvalue weighted by Gasteiger charge is -2.37. The number of carbonyl (C=O) groups excluding carboxylic acids is 1. The van der Waals surface area contributed by atoms with Crippen LogP contribution in [0.1, 0.15) is 25.3 Å². The zero-order chi connectivity index (χ0) is 27.9. The first kappa shape index (κ1) is 27.1. The van der Waals surface area contributed by atoms with Crippen molar-refractivity contribution in [2.45, 2.75) is 32.0 Å². The van der Waals surface area contributed by atoms with E-state index in [4.69, 9.17) is 27.3 Å². The van der Waals surface area contributed by atoms with Gasteiger partial charge in [0.15, 0.2) is 0 Å². The maximum Gasteiger partial charge on any atom is 0.421 e. The summed E-state index contributed by atoms with van der Waals surface area (Å²) in [6.07, 6.45) is -1.65. The Hall–Kier alpha value is -3.51. The summed E-state index contributed by atoms with van der Waals surface area (Å²) < 4.78 is 54.4. The van der Waals surface area contributed by atoms with Gasteiger partial charge in [-0.1, -0.05) is 11.6 Å². The Labute approximate surface area is 227 Å². The highest BCUT2D eigenvalue weighted by Crippen LogP contribution is 2.37. The molecule has 2 saturated heterocycles. The highest BCUT2D eigenvalue weighted by atomic mass is 35.5. The molecular weight excluding hydrogens is 538 g/mol. The highest BCUT2D eigenvalue weighted by molar-refractivity contribution is 6.31. The van der Waals surface area contributed by atoms with E-state index >= 15 is 0 Å². The molecule has 2 atom stereocenters. The van der Waals surface area contributed by atoms with Crippen molar-refractivity contribution in [1.29, 1.82) is 0 Å². The van der Waals surface area contributed by atoms with Crippen molar-refractivity contribution in [3.8, 4) is 11.3 Å². The summed E-state index contributed by atoms with van der Waals surface area (Å²) in [4.78, 5) is 29.8. The third-order valence-electron chi connectivity index (χ3n) is 7.55. The fourth-order valence-electron chi connectivity index (χ4n) is 5.38. The van der Waals surface area contributed by atoms with E-state index in [-0.39, 0.29) is 40.4 Å². The molecule has 2 aliphatic rings. The van der Waals surface area contributed by atoms with E-state index in [0.29, 0.717) is 36.7 Å². The molecule has 0 aliphatic carbocycles. The molecule has 2 N–H and O–H groups in total. The molecule has 206 valence electrons. The second-order valence-corrected chi connectivity index (χ2v) is 10.2. The summed E-state index contributed by atoms with van der Waals surface area (Å²) in [5.41, 5.74) is 6.09. The van der Waals surface area contributed by atoms with Gasteiger partial charge in [0.1, 0.15) is 23.5 Å². The SMILES string of the molecule is C[C@@H]1CCC[N+]1(C(N)=O)c1nc(-c2ccc(F)c(Cl)c2)cc(N2CCN(c3ncccc3C(F)(F)F)CC2)n1. The van der Waals surface area contributed by atoms with E-state index < -0.39 is 23.6 Å². The molecule has 0 radical (unpaired) electrons. The maximum absolute atomic E-state index is 13.9. The molecule has 0 spiro atoms. The molecule has 5 rings (SSSR count). The van der Waals surface area contributed by atoms with Crippen molar-refractivity contribution in [2.75, 3.05) is 42.5 Å². The number of primary amides is 1. The van der Waals surface area contributed by atoms with Gasteiger partial charge >= 0.3 is 18.2 Å². The van der Waals surface area contributed by atoms with E-state index in [9.17, 15) is 22.4 Å². The zero-order valence-corrected chi connectivity index (χ0v) is 21.9. The number of anilines is 2. The topological polar surface area (TPSA) is 88.2 Å². The van der Waals surface area contributed by atoms with Gasteiger partial charge < -0.3 is 15.5 Å². The molecule has 8 nitrogen and oxygen atoms in total. The molecule has 1 unspecified atom stereocenters. The van der Waals surface area contributed by atoms with Gasteiger partial charge in [-0.15, -0.1) is 0 Å². The number of quaternary nitrogens is 1. The van der Waals surface area contributed by atoms with Gasteiger partial charge in [-0.3, -0.25) is 0 Å². The van der Waals surface area contributed by atoms with Crippen molar-refractivity contribution in [2.24, 2.45) is 5.73 Å². The first-order chi connectivity index (χ1) is 18.5. The number of aromatic nitrogens is 3. The van der Waals surface area contributed by atoms with Crippen molar-refractivity contribution in [3.05, 3.63) is 59.0 Å². The lowest BCUT2D eigenvalue weighted by molar-refractivity contribution is -0.137. The lowest BCUT2D eigenvalue weighted by atomic mass is 10.1. The molecule has 4 heterocycles. The Bertz CT molecular complexity index is 1400. The van der Waals surface area contributed by atoms with Gasteiger partial charge in [-0.2, -0.15) is 27.6 Å². The number of piperazine rings is 1. The number of hydrogen-bond acceptors (Lipinski definition) is 6. The number of urea groups is 1. The second kappa shape index (κ2) is 10.2. The van der Waals surface area contributed by atoms with E-state index in [2.05, 4.69) is 4.98 Å². The summed E-state index contributed by atoms with van der Waals surface area (Å²) in [7, 11) is 0. The fraction of sp³-hybridized carbons (Fsp3) is 0.385. The number of likely N-dealkylation sites (tertiary alicyclic amines) is 1. The standard InChI is InChI=1S/C26H26ClF4N7O/c1-16-4-3-13-38(16,24(32)39)25-34-21(17-6-7-20(28)19(27)14-17)15-22(35-25)36-9-11-37(12-10-36)23-18(26(29,30)31)5-2-8-33-23/h2,5-8,14-16H,3-4,9-13H2,1H3,(H-,32,39)/p+1/t16-,38?/m1/s1. The van der Waals surface area contributed by atoms with Crippen LogP contribution in [0.2, 0.25) is 5.02 Å². The van der Waals surface area contributed by atoms with E-state index in [1.807, 2.05) is 11.8 Å². The van der Waals surface area contributed by atoms with Gasteiger partial charge in [0.05, 0.1) is 22.8 Å². The molecule has 2 aromatic heterocycles. The summed E-state index contributed by atoms with van der Waals surface area (Å²) >= 11 is 6.04. The second-order valence-electron chi connectivity index (χ2n) is 9.81. The minimum atomic E-state index is -4.52. The van der Waals surface area contributed by atoms with Crippen LogP contribution < -0.4 is 20.0 Å². The number of alkyl halides is 3. The number of benzene rings is 1. The molecule has 13 heteroatoms. The number of amides is 2. The summed E-state index contributed by atoms with van der Waals surface area (Å²) in [5.74, 6) is 0.0309. The average Bonchev–Trinajstić information content (AvgIpc) is 3.32. The minimum absolute atomic E-state index is 0.0769. The molecule has 0 saturated carbocycles. The highest BCUT2D eigenvalue weighted by Gasteiger charge is 2.50. The number of pyridine rings is 1. The van der Waals surface area contributed by atoms with E-state index in [1.165, 1.54) is 30.5 Å². The smallest absolute Gasteiger partial charge is 0.353 e. The molecule has 0 bridgehead atoms. The average molecular weight is 565 g/mol. The zero-order valence-electron chi connectivity index (χ0n) is 21.1. The van der Waals surface area contributed by atoms with Crippen molar-refractivity contribution in [1.82, 2.24) is 19.4 Å². The Morgan fingerprint density at radius 2 is 1.82 bits per heavy atom. The monoisotopic (exact) mass is 564 g/mol. The normalized spacial score (nSPS) is 21.8. The quantitative estimate of drug-likeness (QED) is 0.344. The van der Waals surface area contributed by atoms with Crippen LogP contribution in [0.5, 0.6) is 0 Å². The van der Waals surface area contributed by atoms with Gasteiger partial charge in [-0.05, 0) is 37.3 Å². The van der Waals surface area contributed by atoms with Crippen LogP contribution in [-0.2, 0) is 6.18 Å². The maximum atomic E-state index is 13.9. The lowest BCUT2D eigenvalue weighted by Crippen LogP contribution is -2.60. The molecule has 39 heavy (non-hydrogen) atoms. The molecule has 1 aromatic carbocycles. The number of carbonyl (C=O) groups is 1. The van der Waals surface area contributed by atoms with Gasteiger partial charge in [-0.25, -0.2) is 14.2 Å². The number of nitrogens with zero attached hydrogens (tertiary/aromatic N) is 6. The molecular formula is C26H27ClF4N7O+. The van der Waals surface area contributed by atoms with E-state index in [0.717, 1.165) is 18.9 Å². The van der Waals surface area contributed by atoms with Crippen molar-refractivity contribution < 1.29 is 22.4 Å². The van der Waals surface area contributed by atoms with Crippen LogP contribution in [0, 0.1) is 5.82 Å². The number of hydrogen-bond donors (Lipinski definition) is 1. The Balaban J connectivity index is 1.52. The molecule has 2 aliphatic heterocycles. The largest absolute Gasteiger partial charge is 0.421 e. The summed E-state index contributed by atoms with van der Waals surface area (Å²) in [5, 5.41) is -0.0769.